The third-order valence-electron chi connectivity index (χ3n) is 3.32. The molecule has 0 aliphatic heterocycles. The number of nitrogens with zero attached hydrogens (tertiary/aromatic N) is 3. The van der Waals surface area contributed by atoms with Gasteiger partial charge in [-0.05, 0) is 18.9 Å². The minimum Gasteiger partial charge on any atom is -0.480 e. The molecule has 1 atom stereocenters. The number of hydrogen-bond donors (Lipinski definition) is 2. The number of amides is 1. The number of carboxylic acid groups (broad SMARTS) is 1. The van der Waals surface area contributed by atoms with Gasteiger partial charge in [-0.2, -0.15) is 5.10 Å². The molecular weight excluding hydrogens is 300 g/mol. The highest BCUT2D eigenvalue weighted by Gasteiger charge is 2.22. The third kappa shape index (κ3) is 4.67. The Morgan fingerprint density at radius 2 is 2.26 bits per heavy atom. The first-order valence-electron chi connectivity index (χ1n) is 7.48. The molecule has 124 valence electrons. The fourth-order valence-corrected chi connectivity index (χ4v) is 2.11. The van der Waals surface area contributed by atoms with Crippen molar-refractivity contribution in [3.05, 3.63) is 35.5 Å². The Balaban J connectivity index is 1.98. The van der Waals surface area contributed by atoms with Gasteiger partial charge in [0, 0.05) is 12.3 Å². The summed E-state index contributed by atoms with van der Waals surface area (Å²) in [4.78, 5) is 23.2. The van der Waals surface area contributed by atoms with Gasteiger partial charge >= 0.3 is 5.97 Å². The molecular formula is C15H20N4O4. The second-order valence-corrected chi connectivity index (χ2v) is 5.40. The lowest BCUT2D eigenvalue weighted by atomic mass is 10.1. The van der Waals surface area contributed by atoms with Crippen LogP contribution in [-0.2, 0) is 11.3 Å². The summed E-state index contributed by atoms with van der Waals surface area (Å²) >= 11 is 0. The zero-order valence-corrected chi connectivity index (χ0v) is 13.2. The number of hydrogen-bond acceptors (Lipinski definition) is 5. The Morgan fingerprint density at radius 3 is 2.87 bits per heavy atom. The second kappa shape index (κ2) is 7.57. The Bertz CT molecular complexity index is 677. The van der Waals surface area contributed by atoms with Gasteiger partial charge in [-0.3, -0.25) is 9.48 Å². The summed E-state index contributed by atoms with van der Waals surface area (Å²) in [5.41, 5.74) is 1.08. The molecule has 0 radical (unpaired) electrons. The molecule has 2 rings (SSSR count). The van der Waals surface area contributed by atoms with Crippen molar-refractivity contribution in [1.82, 2.24) is 20.3 Å². The molecule has 8 heteroatoms. The molecule has 2 N–H and O–H groups in total. The number of carbonyl (C=O) groups is 2. The van der Waals surface area contributed by atoms with Crippen LogP contribution in [0.1, 0.15) is 48.0 Å². The molecule has 0 unspecified atom stereocenters. The number of aromatic nitrogens is 3. The predicted octanol–water partition coefficient (Wildman–Crippen LogP) is 1.60. The Labute approximate surface area is 133 Å². The van der Waals surface area contributed by atoms with Gasteiger partial charge in [0.15, 0.2) is 11.5 Å². The highest BCUT2D eigenvalue weighted by molar-refractivity contribution is 5.94. The predicted molar refractivity (Wildman–Crippen MR) is 81.0 cm³/mol. The summed E-state index contributed by atoms with van der Waals surface area (Å²) in [6.07, 6.45) is 5.52. The highest BCUT2D eigenvalue weighted by Crippen LogP contribution is 2.08. The maximum absolute atomic E-state index is 12.1. The molecule has 0 aliphatic carbocycles. The van der Waals surface area contributed by atoms with Crippen LogP contribution in [0.5, 0.6) is 0 Å². The average Bonchev–Trinajstić information content (AvgIpc) is 3.12. The number of carbonyl (C=O) groups excluding carboxylic acids is 1. The van der Waals surface area contributed by atoms with Crippen LogP contribution in [0.4, 0.5) is 0 Å². The Morgan fingerprint density at radius 1 is 1.48 bits per heavy atom. The molecule has 0 saturated heterocycles. The molecule has 0 aromatic carbocycles. The monoisotopic (exact) mass is 320 g/mol. The molecule has 2 heterocycles. The quantitative estimate of drug-likeness (QED) is 0.764. The van der Waals surface area contributed by atoms with Crippen LogP contribution in [-0.4, -0.2) is 38.0 Å². The van der Waals surface area contributed by atoms with Gasteiger partial charge in [0.25, 0.3) is 5.91 Å². The first kappa shape index (κ1) is 16.7. The minimum atomic E-state index is -1.05. The standard InChI is InChI=1S/C15H20N4O4/c1-3-4-5-12(15(21)22)17-14(20)13-6-11(23-18-13)9-19-8-10(2)7-16-19/h6-8,12H,3-5,9H2,1-2H3,(H,17,20)(H,21,22)/t12-/m0/s1. The van der Waals surface area contributed by atoms with Crippen LogP contribution in [0.2, 0.25) is 0 Å². The van der Waals surface area contributed by atoms with E-state index in [0.717, 1.165) is 18.4 Å². The van der Waals surface area contributed by atoms with Crippen molar-refractivity contribution in [3.8, 4) is 0 Å². The molecule has 2 aromatic rings. The number of nitrogens with one attached hydrogen (secondary N) is 1. The van der Waals surface area contributed by atoms with Crippen LogP contribution < -0.4 is 5.32 Å². The van der Waals surface area contributed by atoms with Crippen molar-refractivity contribution in [2.45, 2.75) is 45.7 Å². The third-order valence-corrected chi connectivity index (χ3v) is 3.32. The number of carboxylic acids is 1. The number of rotatable bonds is 8. The van der Waals surface area contributed by atoms with Crippen molar-refractivity contribution in [1.29, 1.82) is 0 Å². The van der Waals surface area contributed by atoms with Crippen molar-refractivity contribution in [3.63, 3.8) is 0 Å². The number of aliphatic carboxylic acids is 1. The van der Waals surface area contributed by atoms with Gasteiger partial charge in [0.1, 0.15) is 12.6 Å². The summed E-state index contributed by atoms with van der Waals surface area (Å²) < 4.78 is 6.77. The second-order valence-electron chi connectivity index (χ2n) is 5.40. The van der Waals surface area contributed by atoms with Crippen LogP contribution in [0.3, 0.4) is 0 Å². The normalized spacial score (nSPS) is 12.1. The van der Waals surface area contributed by atoms with Gasteiger partial charge in [0.05, 0.1) is 6.20 Å². The van der Waals surface area contributed by atoms with Gasteiger partial charge in [-0.15, -0.1) is 0 Å². The van der Waals surface area contributed by atoms with Gasteiger partial charge in [-0.25, -0.2) is 4.79 Å². The summed E-state index contributed by atoms with van der Waals surface area (Å²) in [6.45, 7) is 4.24. The van der Waals surface area contributed by atoms with Gasteiger partial charge in [0.2, 0.25) is 0 Å². The maximum atomic E-state index is 12.1. The van der Waals surface area contributed by atoms with Crippen molar-refractivity contribution >= 4 is 11.9 Å². The van der Waals surface area contributed by atoms with Crippen molar-refractivity contribution in [2.24, 2.45) is 0 Å². The van der Waals surface area contributed by atoms with E-state index in [9.17, 15) is 9.59 Å². The fourth-order valence-electron chi connectivity index (χ4n) is 2.11. The van der Waals surface area contributed by atoms with Crippen LogP contribution in [0.15, 0.2) is 23.0 Å². The zero-order chi connectivity index (χ0) is 16.8. The zero-order valence-electron chi connectivity index (χ0n) is 13.2. The maximum Gasteiger partial charge on any atom is 0.326 e. The molecule has 0 aliphatic rings. The summed E-state index contributed by atoms with van der Waals surface area (Å²) in [5.74, 6) is -1.14. The lowest BCUT2D eigenvalue weighted by molar-refractivity contribution is -0.139. The molecule has 8 nitrogen and oxygen atoms in total. The van der Waals surface area contributed by atoms with E-state index in [4.69, 9.17) is 9.63 Å². The smallest absolute Gasteiger partial charge is 0.326 e. The van der Waals surface area contributed by atoms with Crippen molar-refractivity contribution in [2.75, 3.05) is 0 Å². The summed E-state index contributed by atoms with van der Waals surface area (Å²) in [5, 5.41) is 19.4. The van der Waals surface area contributed by atoms with E-state index < -0.39 is 17.9 Å². The van der Waals surface area contributed by atoms with Crippen LogP contribution in [0.25, 0.3) is 0 Å². The first-order valence-corrected chi connectivity index (χ1v) is 7.48. The SMILES string of the molecule is CCCC[C@H](NC(=O)c1cc(Cn2cc(C)cn2)on1)C(=O)O. The molecule has 2 aromatic heterocycles. The minimum absolute atomic E-state index is 0.0617. The van der Waals surface area contributed by atoms with E-state index >= 15 is 0 Å². The van der Waals surface area contributed by atoms with E-state index in [1.807, 2.05) is 20.0 Å². The van der Waals surface area contributed by atoms with Gasteiger partial charge in [-0.1, -0.05) is 24.9 Å². The molecule has 23 heavy (non-hydrogen) atoms. The number of unbranched alkanes of at least 4 members (excludes halogenated alkanes) is 1. The topological polar surface area (TPSA) is 110 Å². The van der Waals surface area contributed by atoms with E-state index in [0.29, 0.717) is 18.7 Å². The molecule has 0 saturated carbocycles. The summed E-state index contributed by atoms with van der Waals surface area (Å²) in [7, 11) is 0. The average molecular weight is 320 g/mol. The molecule has 0 bridgehead atoms. The van der Waals surface area contributed by atoms with E-state index in [1.165, 1.54) is 6.07 Å². The van der Waals surface area contributed by atoms with Crippen molar-refractivity contribution < 1.29 is 19.2 Å². The lowest BCUT2D eigenvalue weighted by Gasteiger charge is -2.12. The molecule has 0 fully saturated rings. The number of aryl methyl sites for hydroxylation is 1. The van der Waals surface area contributed by atoms with Gasteiger partial charge < -0.3 is 14.9 Å². The molecule has 0 spiro atoms. The lowest BCUT2D eigenvalue weighted by Crippen LogP contribution is -2.40. The first-order chi connectivity index (χ1) is 11.0. The van der Waals surface area contributed by atoms with E-state index in [2.05, 4.69) is 15.6 Å². The van der Waals surface area contributed by atoms with E-state index in [-0.39, 0.29) is 5.69 Å². The van der Waals surface area contributed by atoms with E-state index in [1.54, 1.807) is 10.9 Å². The Kier molecular flexibility index (Phi) is 5.51. The largest absolute Gasteiger partial charge is 0.480 e. The fraction of sp³-hybridized carbons (Fsp3) is 0.467. The van der Waals surface area contributed by atoms with Crippen LogP contribution >= 0.6 is 0 Å². The Hall–Kier alpha value is -2.64. The summed E-state index contributed by atoms with van der Waals surface area (Å²) in [6, 6.07) is 0.571. The highest BCUT2D eigenvalue weighted by atomic mass is 16.5. The molecule has 1 amide bonds. The van der Waals surface area contributed by atoms with Crippen LogP contribution in [0, 0.1) is 6.92 Å².